The normalized spacial score (nSPS) is 16.3. The molecule has 1 fully saturated rings. The molecule has 0 saturated carbocycles. The average Bonchev–Trinajstić information content (AvgIpc) is 2.77. The quantitative estimate of drug-likeness (QED) is 0.830. The van der Waals surface area contributed by atoms with E-state index in [9.17, 15) is 9.59 Å². The number of benzene rings is 1. The predicted octanol–water partition coefficient (Wildman–Crippen LogP) is 1.66. The van der Waals surface area contributed by atoms with Gasteiger partial charge in [0.05, 0.1) is 5.56 Å². The first-order valence-corrected chi connectivity index (χ1v) is 6.99. The van der Waals surface area contributed by atoms with Crippen molar-refractivity contribution < 1.29 is 9.59 Å². The van der Waals surface area contributed by atoms with Crippen molar-refractivity contribution in [3.63, 3.8) is 0 Å². The lowest BCUT2D eigenvalue weighted by Gasteiger charge is -2.22. The predicted molar refractivity (Wildman–Crippen MR) is 78.6 cm³/mol. The molecule has 0 radical (unpaired) electrons. The molecule has 1 aromatic carbocycles. The van der Waals surface area contributed by atoms with Crippen LogP contribution in [0.1, 0.15) is 30.1 Å². The first kappa shape index (κ1) is 14.7. The minimum absolute atomic E-state index is 0.136. The molecule has 1 atom stereocenters. The van der Waals surface area contributed by atoms with E-state index in [2.05, 4.69) is 5.32 Å². The number of carbonyl (C=O) groups excluding carboxylic acids is 2. The smallest absolute Gasteiger partial charge is 0.253 e. The molecule has 3 N–H and O–H groups in total. The van der Waals surface area contributed by atoms with E-state index >= 15 is 0 Å². The van der Waals surface area contributed by atoms with Crippen LogP contribution in [0.5, 0.6) is 0 Å². The van der Waals surface area contributed by atoms with Crippen LogP contribution in [0.15, 0.2) is 18.2 Å². The Kier molecular flexibility index (Phi) is 4.49. The van der Waals surface area contributed by atoms with Gasteiger partial charge in [0.25, 0.3) is 5.91 Å². The second-order valence-corrected chi connectivity index (χ2v) is 5.49. The second-order valence-electron chi connectivity index (χ2n) is 5.05. The van der Waals surface area contributed by atoms with Crippen LogP contribution in [0.2, 0.25) is 5.02 Å². The van der Waals surface area contributed by atoms with Gasteiger partial charge in [0, 0.05) is 36.3 Å². The van der Waals surface area contributed by atoms with Gasteiger partial charge in [0.1, 0.15) is 0 Å². The van der Waals surface area contributed by atoms with Gasteiger partial charge >= 0.3 is 0 Å². The van der Waals surface area contributed by atoms with Crippen LogP contribution >= 0.6 is 11.6 Å². The molecule has 1 aromatic rings. The van der Waals surface area contributed by atoms with Gasteiger partial charge < -0.3 is 16.0 Å². The Hall–Kier alpha value is -1.75. The summed E-state index contributed by atoms with van der Waals surface area (Å²) in [4.78, 5) is 25.4. The number of rotatable bonds is 4. The summed E-state index contributed by atoms with van der Waals surface area (Å²) in [5.74, 6) is -0.127. The highest BCUT2D eigenvalue weighted by Gasteiger charge is 2.22. The van der Waals surface area contributed by atoms with Crippen LogP contribution in [0, 0.1) is 0 Å². The summed E-state index contributed by atoms with van der Waals surface area (Å²) in [6.07, 6.45) is 1.49. The third-order valence-electron chi connectivity index (χ3n) is 3.30. The molecule has 20 heavy (non-hydrogen) atoms. The molecule has 5 nitrogen and oxygen atoms in total. The number of hydrogen-bond donors (Lipinski definition) is 2. The van der Waals surface area contributed by atoms with E-state index in [-0.39, 0.29) is 17.9 Å². The molecular formula is C14H18ClN3O2. The monoisotopic (exact) mass is 295 g/mol. The molecule has 1 heterocycles. The van der Waals surface area contributed by atoms with E-state index in [0.29, 0.717) is 29.2 Å². The fourth-order valence-corrected chi connectivity index (χ4v) is 2.47. The summed E-state index contributed by atoms with van der Waals surface area (Å²) >= 11 is 5.87. The van der Waals surface area contributed by atoms with Gasteiger partial charge in [-0.3, -0.25) is 9.59 Å². The maximum Gasteiger partial charge on any atom is 0.253 e. The fraction of sp³-hybridized carbons (Fsp3) is 0.429. The van der Waals surface area contributed by atoms with Crippen molar-refractivity contribution in [2.45, 2.75) is 25.8 Å². The number of anilines is 1. The molecule has 1 aliphatic rings. The highest BCUT2D eigenvalue weighted by molar-refractivity contribution is 6.31. The number of carbonyl (C=O) groups is 2. The summed E-state index contributed by atoms with van der Waals surface area (Å²) in [6, 6.07) is 4.65. The van der Waals surface area contributed by atoms with Gasteiger partial charge in [-0.1, -0.05) is 11.6 Å². The minimum Gasteiger partial charge on any atom is -0.398 e. The number of nitrogen functional groups attached to an aromatic ring is 1. The average molecular weight is 296 g/mol. The zero-order chi connectivity index (χ0) is 14.7. The molecule has 1 aliphatic heterocycles. The number of amides is 2. The minimum atomic E-state index is -0.274. The molecule has 0 aliphatic carbocycles. The third kappa shape index (κ3) is 3.42. The van der Waals surface area contributed by atoms with Crippen molar-refractivity contribution in [1.82, 2.24) is 10.2 Å². The maximum absolute atomic E-state index is 12.1. The zero-order valence-corrected chi connectivity index (χ0v) is 12.1. The van der Waals surface area contributed by atoms with Crippen LogP contribution in [-0.2, 0) is 4.79 Å². The lowest BCUT2D eigenvalue weighted by Crippen LogP contribution is -2.42. The number of nitrogens with one attached hydrogen (secondary N) is 1. The summed E-state index contributed by atoms with van der Waals surface area (Å²) in [5.41, 5.74) is 6.51. The summed E-state index contributed by atoms with van der Waals surface area (Å²) in [7, 11) is 0. The van der Waals surface area contributed by atoms with Gasteiger partial charge in [0.2, 0.25) is 5.91 Å². The van der Waals surface area contributed by atoms with Crippen LogP contribution < -0.4 is 11.1 Å². The largest absolute Gasteiger partial charge is 0.398 e. The van der Waals surface area contributed by atoms with Crippen LogP contribution in [0.3, 0.4) is 0 Å². The maximum atomic E-state index is 12.1. The summed E-state index contributed by atoms with van der Waals surface area (Å²) < 4.78 is 0. The number of nitrogens with zero attached hydrogens (tertiary/aromatic N) is 1. The molecule has 0 aromatic heterocycles. The summed E-state index contributed by atoms with van der Waals surface area (Å²) in [6.45, 7) is 3.15. The van der Waals surface area contributed by atoms with Crippen molar-refractivity contribution in [2.75, 3.05) is 18.8 Å². The van der Waals surface area contributed by atoms with Crippen molar-refractivity contribution >= 4 is 29.1 Å². The van der Waals surface area contributed by atoms with Crippen LogP contribution in [0.4, 0.5) is 5.69 Å². The van der Waals surface area contributed by atoms with Crippen molar-refractivity contribution in [3.05, 3.63) is 28.8 Å². The Labute approximate surface area is 123 Å². The molecule has 1 saturated heterocycles. The Morgan fingerprint density at radius 1 is 1.55 bits per heavy atom. The molecule has 6 heteroatoms. The van der Waals surface area contributed by atoms with E-state index in [1.54, 1.807) is 23.1 Å². The van der Waals surface area contributed by atoms with E-state index in [4.69, 9.17) is 17.3 Å². The highest BCUT2D eigenvalue weighted by atomic mass is 35.5. The molecule has 108 valence electrons. The van der Waals surface area contributed by atoms with Gasteiger partial charge in [-0.15, -0.1) is 0 Å². The van der Waals surface area contributed by atoms with E-state index in [1.807, 2.05) is 6.92 Å². The number of halogens is 1. The molecule has 2 amide bonds. The first-order valence-electron chi connectivity index (χ1n) is 6.61. The van der Waals surface area contributed by atoms with Crippen molar-refractivity contribution in [3.8, 4) is 0 Å². The number of nitrogens with two attached hydrogens (primary N) is 1. The fourth-order valence-electron chi connectivity index (χ4n) is 2.30. The van der Waals surface area contributed by atoms with Gasteiger partial charge in [-0.25, -0.2) is 0 Å². The van der Waals surface area contributed by atoms with Gasteiger partial charge in [-0.2, -0.15) is 0 Å². The van der Waals surface area contributed by atoms with Gasteiger partial charge in [-0.05, 0) is 31.5 Å². The molecular weight excluding hydrogens is 278 g/mol. The van der Waals surface area contributed by atoms with Crippen molar-refractivity contribution in [2.24, 2.45) is 0 Å². The standard InChI is InChI=1S/C14H18ClN3O2/c1-9(8-18-6-2-3-13(18)19)17-14(20)11-7-10(15)4-5-12(11)16/h4-5,7,9H,2-3,6,8,16H2,1H3,(H,17,20). The van der Waals surface area contributed by atoms with E-state index in [0.717, 1.165) is 13.0 Å². The number of hydrogen-bond acceptors (Lipinski definition) is 3. The van der Waals surface area contributed by atoms with Crippen molar-refractivity contribution in [1.29, 1.82) is 0 Å². The Balaban J connectivity index is 1.96. The van der Waals surface area contributed by atoms with Crippen LogP contribution in [-0.4, -0.2) is 35.8 Å². The van der Waals surface area contributed by atoms with E-state index in [1.165, 1.54) is 0 Å². The van der Waals surface area contributed by atoms with Crippen LogP contribution in [0.25, 0.3) is 0 Å². The Bertz CT molecular complexity index is 533. The Morgan fingerprint density at radius 2 is 2.30 bits per heavy atom. The first-order chi connectivity index (χ1) is 9.47. The third-order valence-corrected chi connectivity index (χ3v) is 3.54. The SMILES string of the molecule is CC(CN1CCCC1=O)NC(=O)c1cc(Cl)ccc1N. The highest BCUT2D eigenvalue weighted by Crippen LogP contribution is 2.18. The summed E-state index contributed by atoms with van der Waals surface area (Å²) in [5, 5.41) is 3.30. The molecule has 2 rings (SSSR count). The molecule has 0 spiro atoms. The lowest BCUT2D eigenvalue weighted by molar-refractivity contribution is -0.127. The molecule has 0 bridgehead atoms. The van der Waals surface area contributed by atoms with E-state index < -0.39 is 0 Å². The molecule has 1 unspecified atom stereocenters. The zero-order valence-electron chi connectivity index (χ0n) is 11.4. The lowest BCUT2D eigenvalue weighted by atomic mass is 10.1. The number of likely N-dealkylation sites (tertiary alicyclic amines) is 1. The topological polar surface area (TPSA) is 75.4 Å². The van der Waals surface area contributed by atoms with Gasteiger partial charge in [0.15, 0.2) is 0 Å². The second kappa shape index (κ2) is 6.13. The Morgan fingerprint density at radius 3 is 2.95 bits per heavy atom.